The molecule has 2 aliphatic rings. The molecule has 3 rings (SSSR count). The molecule has 1 saturated heterocycles. The van der Waals surface area contributed by atoms with Crippen molar-refractivity contribution in [3.05, 3.63) is 35.4 Å². The van der Waals surface area contributed by atoms with Crippen molar-refractivity contribution in [3.8, 4) is 0 Å². The van der Waals surface area contributed by atoms with Crippen molar-refractivity contribution < 1.29 is 4.79 Å². The van der Waals surface area contributed by atoms with Gasteiger partial charge in [-0.05, 0) is 56.3 Å². The molecule has 19 heavy (non-hydrogen) atoms. The Morgan fingerprint density at radius 1 is 1.11 bits per heavy atom. The summed E-state index contributed by atoms with van der Waals surface area (Å²) in [6.07, 6.45) is 4.55. The summed E-state index contributed by atoms with van der Waals surface area (Å²) < 4.78 is 0. The quantitative estimate of drug-likeness (QED) is 0.893. The van der Waals surface area contributed by atoms with Crippen LogP contribution >= 0.6 is 12.4 Å². The van der Waals surface area contributed by atoms with Crippen LogP contribution in [-0.2, 0) is 0 Å². The van der Waals surface area contributed by atoms with Gasteiger partial charge in [0.15, 0.2) is 0 Å². The fourth-order valence-corrected chi connectivity index (χ4v) is 2.68. The third kappa shape index (κ3) is 3.48. The van der Waals surface area contributed by atoms with E-state index in [9.17, 15) is 4.79 Å². The molecule has 0 radical (unpaired) electrons. The highest BCUT2D eigenvalue weighted by Crippen LogP contribution is 2.28. The number of nitrogens with one attached hydrogen (secondary N) is 2. The van der Waals surface area contributed by atoms with E-state index in [0.29, 0.717) is 12.0 Å². The van der Waals surface area contributed by atoms with E-state index < -0.39 is 0 Å². The molecule has 0 atom stereocenters. The molecule has 2 N–H and O–H groups in total. The molecule has 0 bridgehead atoms. The number of hydrogen-bond donors (Lipinski definition) is 2. The van der Waals surface area contributed by atoms with Gasteiger partial charge in [0.25, 0.3) is 5.91 Å². The Bertz CT molecular complexity index is 440. The van der Waals surface area contributed by atoms with Gasteiger partial charge in [-0.15, -0.1) is 12.4 Å². The zero-order chi connectivity index (χ0) is 12.4. The second-order valence-corrected chi connectivity index (χ2v) is 5.36. The Kier molecular flexibility index (Phi) is 4.83. The molecule has 4 heteroatoms. The monoisotopic (exact) mass is 280 g/mol. The van der Waals surface area contributed by atoms with Gasteiger partial charge in [-0.1, -0.05) is 18.2 Å². The number of amides is 1. The number of benzene rings is 1. The predicted octanol–water partition coefficient (Wildman–Crippen LogP) is 2.47. The summed E-state index contributed by atoms with van der Waals surface area (Å²) in [5, 5.41) is 6.47. The summed E-state index contributed by atoms with van der Waals surface area (Å²) in [7, 11) is 0. The van der Waals surface area contributed by atoms with Gasteiger partial charge >= 0.3 is 0 Å². The Balaban J connectivity index is 0.00000133. The summed E-state index contributed by atoms with van der Waals surface area (Å²) in [5.41, 5.74) is 2.12. The molecule has 1 aromatic carbocycles. The van der Waals surface area contributed by atoms with Gasteiger partial charge in [-0.25, -0.2) is 0 Å². The van der Waals surface area contributed by atoms with Crippen LogP contribution in [0.2, 0.25) is 0 Å². The number of hydrogen-bond acceptors (Lipinski definition) is 2. The topological polar surface area (TPSA) is 41.1 Å². The van der Waals surface area contributed by atoms with Crippen molar-refractivity contribution in [1.29, 1.82) is 0 Å². The van der Waals surface area contributed by atoms with Crippen LogP contribution in [0.25, 0.3) is 0 Å². The third-order valence-electron chi connectivity index (χ3n) is 3.90. The van der Waals surface area contributed by atoms with E-state index in [2.05, 4.69) is 16.7 Å². The highest BCUT2D eigenvalue weighted by Gasteiger charge is 2.26. The Morgan fingerprint density at radius 3 is 2.47 bits per heavy atom. The average molecular weight is 281 g/mol. The van der Waals surface area contributed by atoms with E-state index in [4.69, 9.17) is 0 Å². The molecular formula is C15H21ClN2O. The maximum Gasteiger partial charge on any atom is 0.251 e. The molecule has 3 nitrogen and oxygen atoms in total. The molecule has 1 aromatic rings. The van der Waals surface area contributed by atoms with Gasteiger partial charge < -0.3 is 10.6 Å². The minimum absolute atomic E-state index is 0. The Labute approximate surface area is 120 Å². The lowest BCUT2D eigenvalue weighted by molar-refractivity contribution is 0.0949. The van der Waals surface area contributed by atoms with Crippen molar-refractivity contribution in [2.45, 2.75) is 37.6 Å². The first kappa shape index (κ1) is 14.4. The highest BCUT2D eigenvalue weighted by atomic mass is 35.5. The summed E-state index contributed by atoms with van der Waals surface area (Å²) >= 11 is 0. The lowest BCUT2D eigenvalue weighted by Crippen LogP contribution is -2.30. The number of rotatable bonds is 3. The smallest absolute Gasteiger partial charge is 0.251 e. The fraction of sp³-hybridized carbons (Fsp3) is 0.533. The van der Waals surface area contributed by atoms with Crippen LogP contribution in [0.4, 0.5) is 0 Å². The largest absolute Gasteiger partial charge is 0.349 e. The highest BCUT2D eigenvalue weighted by molar-refractivity contribution is 5.96. The maximum absolute atomic E-state index is 12.2. The van der Waals surface area contributed by atoms with E-state index >= 15 is 0 Å². The van der Waals surface area contributed by atoms with Crippen LogP contribution in [-0.4, -0.2) is 25.0 Å². The van der Waals surface area contributed by atoms with Crippen molar-refractivity contribution in [2.24, 2.45) is 0 Å². The molecule has 1 heterocycles. The number of halogens is 1. The minimum Gasteiger partial charge on any atom is -0.349 e. The van der Waals surface area contributed by atoms with Gasteiger partial charge in [0.05, 0.1) is 0 Å². The average Bonchev–Trinajstić information content (AvgIpc) is 3.24. The van der Waals surface area contributed by atoms with Gasteiger partial charge in [-0.2, -0.15) is 0 Å². The molecule has 0 aromatic heterocycles. The molecule has 1 saturated carbocycles. The lowest BCUT2D eigenvalue weighted by atomic mass is 9.87. The van der Waals surface area contributed by atoms with E-state index in [-0.39, 0.29) is 18.3 Å². The van der Waals surface area contributed by atoms with Crippen molar-refractivity contribution in [3.63, 3.8) is 0 Å². The third-order valence-corrected chi connectivity index (χ3v) is 3.90. The normalized spacial score (nSPS) is 19.6. The second-order valence-electron chi connectivity index (χ2n) is 5.36. The summed E-state index contributed by atoms with van der Waals surface area (Å²) in [6, 6.07) is 8.53. The predicted molar refractivity (Wildman–Crippen MR) is 79.0 cm³/mol. The first-order valence-corrected chi connectivity index (χ1v) is 6.95. The summed E-state index contributed by atoms with van der Waals surface area (Å²) in [6.45, 7) is 2.12. The van der Waals surface area contributed by atoms with Gasteiger partial charge in [-0.3, -0.25) is 4.79 Å². The molecule has 104 valence electrons. The van der Waals surface area contributed by atoms with Crippen molar-refractivity contribution in [2.75, 3.05) is 13.1 Å². The first-order valence-electron chi connectivity index (χ1n) is 6.95. The van der Waals surface area contributed by atoms with Crippen molar-refractivity contribution in [1.82, 2.24) is 10.6 Å². The zero-order valence-corrected chi connectivity index (χ0v) is 11.8. The number of carbonyl (C=O) groups is 1. The standard InChI is InChI=1S/C15H20N2O.ClH/c18-15(17-12-5-6-12)14-4-2-1-3-13(14)11-7-9-16-10-8-11;/h1-4,11-12,16H,5-10H2,(H,17,18);1H. The van der Waals surface area contributed by atoms with Gasteiger partial charge in [0.2, 0.25) is 0 Å². The molecule has 1 aliphatic heterocycles. The Morgan fingerprint density at radius 2 is 1.79 bits per heavy atom. The van der Waals surface area contributed by atoms with Crippen LogP contribution < -0.4 is 10.6 Å². The lowest BCUT2D eigenvalue weighted by Gasteiger charge is -2.24. The Hall–Kier alpha value is -1.06. The second kappa shape index (κ2) is 6.40. The summed E-state index contributed by atoms with van der Waals surface area (Å²) in [4.78, 5) is 12.2. The van der Waals surface area contributed by atoms with Crippen LogP contribution in [0.5, 0.6) is 0 Å². The fourth-order valence-electron chi connectivity index (χ4n) is 2.68. The molecule has 1 amide bonds. The van der Waals surface area contributed by atoms with Crippen molar-refractivity contribution >= 4 is 18.3 Å². The zero-order valence-electron chi connectivity index (χ0n) is 11.0. The van der Waals surface area contributed by atoms with Crippen LogP contribution in [0.15, 0.2) is 24.3 Å². The molecule has 1 aliphatic carbocycles. The number of carbonyl (C=O) groups excluding carboxylic acids is 1. The van der Waals surface area contributed by atoms with E-state index in [1.807, 2.05) is 18.2 Å². The van der Waals surface area contributed by atoms with Crippen LogP contribution in [0.1, 0.15) is 47.5 Å². The number of piperidine rings is 1. The first-order chi connectivity index (χ1) is 8.84. The molecule has 2 fully saturated rings. The van der Waals surface area contributed by atoms with Crippen LogP contribution in [0.3, 0.4) is 0 Å². The van der Waals surface area contributed by atoms with Gasteiger partial charge in [0.1, 0.15) is 0 Å². The SMILES string of the molecule is Cl.O=C(NC1CC1)c1ccccc1C1CCNCC1. The summed E-state index contributed by atoms with van der Waals surface area (Å²) in [5.74, 6) is 0.652. The van der Waals surface area contributed by atoms with Crippen LogP contribution in [0, 0.1) is 0 Å². The van der Waals surface area contributed by atoms with Gasteiger partial charge in [0, 0.05) is 11.6 Å². The van der Waals surface area contributed by atoms with E-state index in [0.717, 1.165) is 44.3 Å². The minimum atomic E-state index is 0. The molecule has 0 unspecified atom stereocenters. The maximum atomic E-state index is 12.2. The molecule has 0 spiro atoms. The molecular weight excluding hydrogens is 260 g/mol. The van der Waals surface area contributed by atoms with E-state index in [1.165, 1.54) is 5.56 Å². The van der Waals surface area contributed by atoms with E-state index in [1.54, 1.807) is 0 Å².